The van der Waals surface area contributed by atoms with Crippen LogP contribution in [0.3, 0.4) is 0 Å². The van der Waals surface area contributed by atoms with Crippen LogP contribution in [0, 0.1) is 25.2 Å². The minimum Gasteiger partial charge on any atom is -0.305 e. The molecule has 146 valence electrons. The average Bonchev–Trinajstić information content (AvgIpc) is 3.30. The van der Waals surface area contributed by atoms with E-state index in [-0.39, 0.29) is 18.2 Å². The number of nitriles is 1. The van der Waals surface area contributed by atoms with Crippen molar-refractivity contribution in [2.24, 2.45) is 4.99 Å². The van der Waals surface area contributed by atoms with Crippen LogP contribution in [0.25, 0.3) is 0 Å². The lowest BCUT2D eigenvalue weighted by Gasteiger charge is -2.32. The van der Waals surface area contributed by atoms with Crippen LogP contribution < -0.4 is 0 Å². The Morgan fingerprint density at radius 2 is 1.79 bits per heavy atom. The maximum Gasteiger partial charge on any atom is 0.275 e. The van der Waals surface area contributed by atoms with Crippen molar-refractivity contribution >= 4 is 17.4 Å². The lowest BCUT2D eigenvalue weighted by atomic mass is 10.0. The molecule has 0 bridgehead atoms. The Morgan fingerprint density at radius 3 is 2.41 bits per heavy atom. The summed E-state index contributed by atoms with van der Waals surface area (Å²) in [7, 11) is 0. The Morgan fingerprint density at radius 1 is 1.10 bits per heavy atom. The number of hydrogen-bond donors (Lipinski definition) is 0. The maximum absolute atomic E-state index is 13.3. The molecule has 5 nitrogen and oxygen atoms in total. The maximum atomic E-state index is 13.3. The van der Waals surface area contributed by atoms with Gasteiger partial charge in [-0.05, 0) is 68.9 Å². The van der Waals surface area contributed by atoms with Gasteiger partial charge in [-0.25, -0.2) is 0 Å². The number of aryl methyl sites for hydroxylation is 2. The highest BCUT2D eigenvalue weighted by Crippen LogP contribution is 2.41. The minimum atomic E-state index is -0.615. The molecule has 5 heteroatoms. The van der Waals surface area contributed by atoms with Crippen LogP contribution in [0.2, 0.25) is 0 Å². The summed E-state index contributed by atoms with van der Waals surface area (Å²) in [6, 6.07) is 14.6. The van der Waals surface area contributed by atoms with Crippen LogP contribution in [-0.4, -0.2) is 34.5 Å². The van der Waals surface area contributed by atoms with Crippen LogP contribution in [0.15, 0.2) is 47.5 Å². The second-order valence-corrected chi connectivity index (χ2v) is 7.95. The summed E-state index contributed by atoms with van der Waals surface area (Å²) in [6.07, 6.45) is 3.54. The molecule has 1 fully saturated rings. The van der Waals surface area contributed by atoms with Crippen LogP contribution in [0.1, 0.15) is 58.3 Å². The zero-order chi connectivity index (χ0) is 20.6. The van der Waals surface area contributed by atoms with Crippen molar-refractivity contribution in [1.29, 1.82) is 5.26 Å². The van der Waals surface area contributed by atoms with Gasteiger partial charge in [0.1, 0.15) is 11.4 Å². The predicted molar refractivity (Wildman–Crippen MR) is 111 cm³/mol. The van der Waals surface area contributed by atoms with Crippen molar-refractivity contribution in [3.05, 3.63) is 70.3 Å². The topological polar surface area (TPSA) is 73.5 Å². The molecule has 0 unspecified atom stereocenters. The molecule has 0 radical (unpaired) electrons. The number of hydrogen-bond acceptors (Lipinski definition) is 4. The van der Waals surface area contributed by atoms with Crippen LogP contribution in [0.4, 0.5) is 0 Å². The molecular weight excluding hydrogens is 362 g/mol. The largest absolute Gasteiger partial charge is 0.305 e. The van der Waals surface area contributed by atoms with Gasteiger partial charge in [0.25, 0.3) is 5.91 Å². The Balaban J connectivity index is 1.64. The molecule has 4 rings (SSSR count). The van der Waals surface area contributed by atoms with Gasteiger partial charge in [0, 0.05) is 11.1 Å². The van der Waals surface area contributed by atoms with E-state index in [2.05, 4.69) is 6.07 Å². The first-order chi connectivity index (χ1) is 13.9. The number of Topliss-reactive ketones (excluding diaryl/α,β-unsaturated/α-hetero) is 1. The molecule has 0 atom stereocenters. The van der Waals surface area contributed by atoms with Gasteiger partial charge >= 0.3 is 0 Å². The zero-order valence-electron chi connectivity index (χ0n) is 16.7. The molecule has 1 amide bonds. The number of rotatable bonds is 4. The van der Waals surface area contributed by atoms with Crippen LogP contribution in [0.5, 0.6) is 0 Å². The lowest BCUT2D eigenvalue weighted by Crippen LogP contribution is -2.47. The summed E-state index contributed by atoms with van der Waals surface area (Å²) in [4.78, 5) is 32.8. The number of ketones is 1. The standard InChI is InChI=1S/C24H23N3O2/c1-16-5-8-20(13-17(16)2)21(28)15-27-23(29)22(26-24(27)11-3-4-12-24)19-9-6-18(14-25)7-10-19/h5-10,13H,3-4,11-12,15H2,1-2H3. The Bertz CT molecular complexity index is 1050. The van der Waals surface area contributed by atoms with Crippen molar-refractivity contribution in [2.75, 3.05) is 6.54 Å². The molecule has 0 saturated heterocycles. The molecule has 1 aliphatic carbocycles. The number of benzene rings is 2. The average molecular weight is 385 g/mol. The van der Waals surface area contributed by atoms with E-state index < -0.39 is 5.66 Å². The van der Waals surface area contributed by atoms with Crippen molar-refractivity contribution in [1.82, 2.24) is 4.90 Å². The third-order valence-electron chi connectivity index (χ3n) is 6.09. The third kappa shape index (κ3) is 3.36. The molecule has 0 aromatic heterocycles. The van der Waals surface area contributed by atoms with Gasteiger partial charge in [-0.3, -0.25) is 14.6 Å². The molecule has 1 saturated carbocycles. The van der Waals surface area contributed by atoms with E-state index in [4.69, 9.17) is 10.3 Å². The fourth-order valence-corrected chi connectivity index (χ4v) is 4.22. The molecule has 2 aromatic rings. The Labute approximate surface area is 170 Å². The van der Waals surface area contributed by atoms with Gasteiger partial charge in [-0.15, -0.1) is 0 Å². The van der Waals surface area contributed by atoms with Crippen molar-refractivity contribution in [2.45, 2.75) is 45.2 Å². The van der Waals surface area contributed by atoms with Crippen molar-refractivity contribution in [3.63, 3.8) is 0 Å². The van der Waals surface area contributed by atoms with E-state index in [9.17, 15) is 9.59 Å². The SMILES string of the molecule is Cc1ccc(C(=O)CN2C(=O)C(c3ccc(C#N)cc3)=NC23CCCC3)cc1C. The van der Waals surface area contributed by atoms with Gasteiger partial charge < -0.3 is 4.90 Å². The number of carbonyl (C=O) groups is 2. The first-order valence-electron chi connectivity index (χ1n) is 9.96. The zero-order valence-corrected chi connectivity index (χ0v) is 16.7. The molecule has 2 aliphatic rings. The summed E-state index contributed by atoms with van der Waals surface area (Å²) in [6.45, 7) is 4.03. The van der Waals surface area contributed by atoms with Crippen LogP contribution >= 0.6 is 0 Å². The predicted octanol–water partition coefficient (Wildman–Crippen LogP) is 3.96. The smallest absolute Gasteiger partial charge is 0.275 e. The number of aliphatic imine (C=N–C) groups is 1. The third-order valence-corrected chi connectivity index (χ3v) is 6.09. The van der Waals surface area contributed by atoms with Gasteiger partial charge in [-0.1, -0.05) is 24.3 Å². The summed E-state index contributed by atoms with van der Waals surface area (Å²) < 4.78 is 0. The number of carbonyl (C=O) groups excluding carboxylic acids is 2. The molecule has 2 aromatic carbocycles. The lowest BCUT2D eigenvalue weighted by molar-refractivity contribution is -0.127. The first kappa shape index (κ1) is 19.1. The van der Waals surface area contributed by atoms with Gasteiger partial charge in [0.2, 0.25) is 0 Å². The fraction of sp³-hybridized carbons (Fsp3) is 0.333. The Hall–Kier alpha value is -3.26. The quantitative estimate of drug-likeness (QED) is 0.748. The molecule has 1 aliphatic heterocycles. The summed E-state index contributed by atoms with van der Waals surface area (Å²) in [5.74, 6) is -0.266. The summed E-state index contributed by atoms with van der Waals surface area (Å²) in [5.41, 5.74) is 3.84. The molecule has 29 heavy (non-hydrogen) atoms. The second kappa shape index (κ2) is 7.29. The number of nitrogens with zero attached hydrogens (tertiary/aromatic N) is 3. The van der Waals surface area contributed by atoms with Gasteiger partial charge in [0.15, 0.2) is 5.78 Å². The van der Waals surface area contributed by atoms with Gasteiger partial charge in [0.05, 0.1) is 18.2 Å². The van der Waals surface area contributed by atoms with E-state index in [1.54, 1.807) is 29.2 Å². The molecule has 0 N–H and O–H groups in total. The molecular formula is C24H23N3O2. The fourth-order valence-electron chi connectivity index (χ4n) is 4.22. The molecule has 1 spiro atoms. The van der Waals surface area contributed by atoms with Crippen LogP contribution in [-0.2, 0) is 4.79 Å². The minimum absolute atomic E-state index is 0.0324. The van der Waals surface area contributed by atoms with Crippen molar-refractivity contribution < 1.29 is 9.59 Å². The van der Waals surface area contributed by atoms with E-state index in [0.717, 1.165) is 36.8 Å². The monoisotopic (exact) mass is 385 g/mol. The van der Waals surface area contributed by atoms with E-state index in [1.807, 2.05) is 32.0 Å². The highest BCUT2D eigenvalue weighted by molar-refractivity contribution is 6.47. The highest BCUT2D eigenvalue weighted by Gasteiger charge is 2.49. The van der Waals surface area contributed by atoms with Gasteiger partial charge in [-0.2, -0.15) is 5.26 Å². The summed E-state index contributed by atoms with van der Waals surface area (Å²) >= 11 is 0. The van der Waals surface area contributed by atoms with E-state index >= 15 is 0 Å². The first-order valence-corrected chi connectivity index (χ1v) is 9.96. The Kier molecular flexibility index (Phi) is 4.79. The second-order valence-electron chi connectivity index (χ2n) is 7.95. The normalized spacial score (nSPS) is 17.5. The van der Waals surface area contributed by atoms with Crippen molar-refractivity contribution in [3.8, 4) is 6.07 Å². The summed E-state index contributed by atoms with van der Waals surface area (Å²) in [5, 5.41) is 9.01. The van der Waals surface area contributed by atoms with E-state index in [1.165, 1.54) is 0 Å². The highest BCUT2D eigenvalue weighted by atomic mass is 16.2. The molecule has 1 heterocycles. The number of amides is 1. The van der Waals surface area contributed by atoms with E-state index in [0.29, 0.717) is 22.4 Å².